The Labute approximate surface area is 172 Å². The molecule has 1 unspecified atom stereocenters. The van der Waals surface area contributed by atoms with Gasteiger partial charge in [-0.3, -0.25) is 14.2 Å². The maximum atomic E-state index is 13.2. The minimum absolute atomic E-state index is 0.140. The van der Waals surface area contributed by atoms with Crippen LogP contribution in [-0.2, 0) is 23.2 Å². The highest BCUT2D eigenvalue weighted by Gasteiger charge is 2.60. The quantitative estimate of drug-likeness (QED) is 0.564. The van der Waals surface area contributed by atoms with Crippen molar-refractivity contribution in [1.82, 2.24) is 10.2 Å². The summed E-state index contributed by atoms with van der Waals surface area (Å²) < 4.78 is 22.7. The maximum Gasteiger partial charge on any atom is 0.349 e. The van der Waals surface area contributed by atoms with Crippen LogP contribution in [0.25, 0.3) is 0 Å². The van der Waals surface area contributed by atoms with Crippen LogP contribution in [0.3, 0.4) is 0 Å². The number of thioether (sulfide) groups is 1. The van der Waals surface area contributed by atoms with Crippen molar-refractivity contribution in [2.75, 3.05) is 26.0 Å². The molecule has 1 heterocycles. The van der Waals surface area contributed by atoms with Crippen LogP contribution in [-0.4, -0.2) is 58.4 Å². The largest absolute Gasteiger partial charge is 0.349 e. The molecule has 1 aliphatic carbocycles. The molecule has 1 atom stereocenters. The first-order valence-corrected chi connectivity index (χ1v) is 12.6. The highest BCUT2D eigenvalue weighted by atomic mass is 32.2. The number of nitrogens with two attached hydrogens (primary N) is 1. The fraction of sp³-hybridized carbons (Fsp3) is 0.889. The van der Waals surface area contributed by atoms with Crippen LogP contribution in [0.15, 0.2) is 0 Å². The molecule has 1 spiro atoms. The first kappa shape index (κ1) is 23.7. The summed E-state index contributed by atoms with van der Waals surface area (Å²) in [5.41, 5.74) is 5.70. The van der Waals surface area contributed by atoms with Crippen LogP contribution in [0, 0.1) is 0 Å². The molecule has 1 saturated carbocycles. The number of hydrogen-bond acceptors (Lipinski definition) is 7. The van der Waals surface area contributed by atoms with Gasteiger partial charge in [-0.25, -0.2) is 0 Å². The average molecular weight is 436 g/mol. The summed E-state index contributed by atoms with van der Waals surface area (Å²) in [5, 5.41) is 2.72. The molecule has 2 aliphatic rings. The number of rotatable bonds is 8. The number of amides is 2. The topological polar surface area (TPSA) is 111 Å². The Morgan fingerprint density at radius 1 is 1.18 bits per heavy atom. The molecule has 0 bridgehead atoms. The molecule has 2 rings (SSSR count). The molecule has 1 saturated heterocycles. The molecule has 162 valence electrons. The van der Waals surface area contributed by atoms with E-state index in [9.17, 15) is 14.2 Å². The molecular formula is C18H34N3O5PS. The molecule has 0 aromatic rings. The van der Waals surface area contributed by atoms with Gasteiger partial charge in [0.2, 0.25) is 11.8 Å². The van der Waals surface area contributed by atoms with Crippen molar-refractivity contribution in [1.29, 1.82) is 0 Å². The van der Waals surface area contributed by atoms with Crippen LogP contribution in [0.1, 0.15) is 59.8 Å². The third-order valence-electron chi connectivity index (χ3n) is 5.23. The van der Waals surface area contributed by atoms with E-state index >= 15 is 0 Å². The lowest BCUT2D eigenvalue weighted by Gasteiger charge is -2.42. The summed E-state index contributed by atoms with van der Waals surface area (Å²) in [5.74, 6) is -0.570. The van der Waals surface area contributed by atoms with Gasteiger partial charge in [0.05, 0.1) is 24.6 Å². The van der Waals surface area contributed by atoms with Gasteiger partial charge in [0, 0.05) is 4.75 Å². The summed E-state index contributed by atoms with van der Waals surface area (Å²) in [6.07, 6.45) is 4.67. The van der Waals surface area contributed by atoms with E-state index in [1.807, 2.05) is 13.8 Å². The van der Waals surface area contributed by atoms with Crippen molar-refractivity contribution in [2.45, 2.75) is 75.5 Å². The summed E-state index contributed by atoms with van der Waals surface area (Å²) in [4.78, 5) is 27.3. The fourth-order valence-electron chi connectivity index (χ4n) is 4.28. The molecule has 0 aromatic carbocycles. The minimum atomic E-state index is -3.41. The van der Waals surface area contributed by atoms with Crippen molar-refractivity contribution in [3.63, 3.8) is 0 Å². The van der Waals surface area contributed by atoms with Crippen molar-refractivity contribution < 1.29 is 23.2 Å². The van der Waals surface area contributed by atoms with E-state index in [1.54, 1.807) is 30.5 Å². The van der Waals surface area contributed by atoms with E-state index in [4.69, 9.17) is 14.8 Å². The molecule has 28 heavy (non-hydrogen) atoms. The van der Waals surface area contributed by atoms with Crippen molar-refractivity contribution in [3.8, 4) is 0 Å². The molecule has 8 nitrogen and oxygen atoms in total. The zero-order valence-electron chi connectivity index (χ0n) is 17.4. The van der Waals surface area contributed by atoms with Gasteiger partial charge in [-0.05, 0) is 40.5 Å². The van der Waals surface area contributed by atoms with Crippen LogP contribution in [0.5, 0.6) is 0 Å². The first-order chi connectivity index (χ1) is 13.1. The Balaban J connectivity index is 2.25. The standard InChI is InChI=1S/C18H34N3O5PS/c1-5-25-27(24,26-6-2)13-20-16(23)15-17(3,4)28-18(10-8-7-9-11-18)21(15)14(22)12-19/h15H,5-13,19H2,1-4H3,(H,20,23). The number of nitrogens with one attached hydrogen (secondary N) is 1. The SMILES string of the molecule is CCOP(=O)(CNC(=O)C1N(C(=O)CN)C2(CCCCC2)SC1(C)C)OCC. The smallest absolute Gasteiger partial charge is 0.343 e. The summed E-state index contributed by atoms with van der Waals surface area (Å²) in [6.45, 7) is 7.70. The molecule has 10 heteroatoms. The third-order valence-corrected chi connectivity index (χ3v) is 8.82. The Kier molecular flexibility index (Phi) is 8.01. The second-order valence-corrected chi connectivity index (χ2v) is 11.8. The van der Waals surface area contributed by atoms with E-state index in [0.29, 0.717) is 0 Å². The van der Waals surface area contributed by atoms with Crippen LogP contribution >= 0.6 is 19.4 Å². The normalized spacial score (nSPS) is 23.8. The number of carbonyl (C=O) groups excluding carboxylic acids is 2. The summed E-state index contributed by atoms with van der Waals surface area (Å²) in [7, 11) is -3.41. The Morgan fingerprint density at radius 2 is 1.75 bits per heavy atom. The Morgan fingerprint density at radius 3 is 2.25 bits per heavy atom. The lowest BCUT2D eigenvalue weighted by Crippen LogP contribution is -2.59. The van der Waals surface area contributed by atoms with Gasteiger partial charge in [0.15, 0.2) is 0 Å². The van der Waals surface area contributed by atoms with Crippen LogP contribution in [0.4, 0.5) is 0 Å². The van der Waals surface area contributed by atoms with Gasteiger partial charge in [0.1, 0.15) is 12.3 Å². The molecule has 3 N–H and O–H groups in total. The Bertz CT molecular complexity index is 614. The Hall–Kier alpha value is -0.600. The second-order valence-electron chi connectivity index (χ2n) is 7.73. The molecule has 0 aromatic heterocycles. The monoisotopic (exact) mass is 435 g/mol. The molecule has 1 aliphatic heterocycles. The van der Waals surface area contributed by atoms with Gasteiger partial charge >= 0.3 is 7.60 Å². The van der Waals surface area contributed by atoms with Gasteiger partial charge in [-0.1, -0.05) is 19.3 Å². The van der Waals surface area contributed by atoms with Crippen LogP contribution in [0.2, 0.25) is 0 Å². The fourth-order valence-corrected chi connectivity index (χ4v) is 7.78. The summed E-state index contributed by atoms with van der Waals surface area (Å²) in [6, 6.07) is -0.691. The lowest BCUT2D eigenvalue weighted by atomic mass is 9.90. The van der Waals surface area contributed by atoms with E-state index in [1.165, 1.54) is 0 Å². The third kappa shape index (κ3) is 4.93. The first-order valence-electron chi connectivity index (χ1n) is 10.0. The van der Waals surface area contributed by atoms with Crippen molar-refractivity contribution in [3.05, 3.63) is 0 Å². The van der Waals surface area contributed by atoms with Gasteiger partial charge in [-0.2, -0.15) is 0 Å². The van der Waals surface area contributed by atoms with Gasteiger partial charge in [-0.15, -0.1) is 11.8 Å². The predicted molar refractivity (Wildman–Crippen MR) is 111 cm³/mol. The number of nitrogens with zero attached hydrogens (tertiary/aromatic N) is 1. The molecular weight excluding hydrogens is 401 g/mol. The minimum Gasteiger partial charge on any atom is -0.343 e. The van der Waals surface area contributed by atoms with E-state index in [0.717, 1.165) is 32.1 Å². The zero-order valence-corrected chi connectivity index (χ0v) is 19.1. The van der Waals surface area contributed by atoms with E-state index in [-0.39, 0.29) is 37.9 Å². The van der Waals surface area contributed by atoms with Crippen LogP contribution < -0.4 is 11.1 Å². The molecule has 2 fully saturated rings. The highest BCUT2D eigenvalue weighted by Crippen LogP contribution is 2.57. The van der Waals surface area contributed by atoms with Gasteiger partial charge < -0.3 is 25.0 Å². The highest BCUT2D eigenvalue weighted by molar-refractivity contribution is 8.02. The zero-order chi connectivity index (χ0) is 21.0. The summed E-state index contributed by atoms with van der Waals surface area (Å²) >= 11 is 1.69. The predicted octanol–water partition coefficient (Wildman–Crippen LogP) is 2.67. The lowest BCUT2D eigenvalue weighted by molar-refractivity contribution is -0.143. The maximum absolute atomic E-state index is 13.2. The number of hydrogen-bond donors (Lipinski definition) is 2. The molecule has 0 radical (unpaired) electrons. The average Bonchev–Trinajstić information content (AvgIpc) is 2.86. The van der Waals surface area contributed by atoms with E-state index < -0.39 is 23.3 Å². The van der Waals surface area contributed by atoms with Gasteiger partial charge in [0.25, 0.3) is 0 Å². The van der Waals surface area contributed by atoms with Crippen molar-refractivity contribution in [2.24, 2.45) is 5.73 Å². The van der Waals surface area contributed by atoms with Crippen molar-refractivity contribution >= 4 is 31.2 Å². The van der Waals surface area contributed by atoms with E-state index in [2.05, 4.69) is 5.32 Å². The second kappa shape index (κ2) is 9.47. The molecule has 2 amide bonds. The number of carbonyl (C=O) groups is 2.